The van der Waals surface area contributed by atoms with Crippen LogP contribution in [0.25, 0.3) is 11.4 Å². The van der Waals surface area contributed by atoms with Crippen LogP contribution < -0.4 is 0 Å². The van der Waals surface area contributed by atoms with E-state index in [0.29, 0.717) is 42.4 Å². The third-order valence-corrected chi connectivity index (χ3v) is 5.85. The number of aromatic nitrogens is 4. The van der Waals surface area contributed by atoms with E-state index in [0.717, 1.165) is 25.9 Å². The fourth-order valence-electron chi connectivity index (χ4n) is 4.42. The van der Waals surface area contributed by atoms with Crippen LogP contribution in [-0.4, -0.2) is 68.4 Å². The van der Waals surface area contributed by atoms with E-state index in [9.17, 15) is 9.59 Å². The van der Waals surface area contributed by atoms with Crippen molar-refractivity contribution in [2.75, 3.05) is 26.2 Å². The summed E-state index contributed by atoms with van der Waals surface area (Å²) >= 11 is 0. The summed E-state index contributed by atoms with van der Waals surface area (Å²) in [7, 11) is 0. The predicted octanol–water partition coefficient (Wildman–Crippen LogP) is 1.98. The summed E-state index contributed by atoms with van der Waals surface area (Å²) in [5, 5.41) is 14.1. The zero-order chi connectivity index (χ0) is 19.7. The first-order valence-electron chi connectivity index (χ1n) is 9.87. The van der Waals surface area contributed by atoms with Gasteiger partial charge in [-0.1, -0.05) is 32.0 Å². The van der Waals surface area contributed by atoms with Gasteiger partial charge in [0.2, 0.25) is 11.7 Å². The number of hydrogen-bond donors (Lipinski definition) is 1. The van der Waals surface area contributed by atoms with Crippen LogP contribution >= 0.6 is 0 Å². The lowest BCUT2D eigenvalue weighted by Crippen LogP contribution is -2.44. The molecule has 0 atom stereocenters. The Hall–Kier alpha value is -2.77. The van der Waals surface area contributed by atoms with Crippen molar-refractivity contribution in [1.82, 2.24) is 30.4 Å². The molecule has 0 aliphatic carbocycles. The van der Waals surface area contributed by atoms with Gasteiger partial charge in [-0.15, -0.1) is 10.2 Å². The Morgan fingerprint density at radius 1 is 1.25 bits per heavy atom. The summed E-state index contributed by atoms with van der Waals surface area (Å²) in [6.45, 7) is 7.26. The van der Waals surface area contributed by atoms with Gasteiger partial charge in [0.15, 0.2) is 0 Å². The largest absolute Gasteiger partial charge is 0.342 e. The number of carbonyl (C=O) groups is 2. The molecule has 28 heavy (non-hydrogen) atoms. The molecule has 1 aromatic heterocycles. The molecule has 2 aliphatic rings. The monoisotopic (exact) mass is 382 g/mol. The van der Waals surface area contributed by atoms with Gasteiger partial charge in [-0.25, -0.2) is 0 Å². The van der Waals surface area contributed by atoms with E-state index in [1.165, 1.54) is 0 Å². The van der Waals surface area contributed by atoms with Gasteiger partial charge in [0.25, 0.3) is 5.91 Å². The van der Waals surface area contributed by atoms with Crippen molar-refractivity contribution in [2.24, 2.45) is 11.3 Å². The molecule has 0 saturated carbocycles. The number of nitrogens with one attached hydrogen (secondary N) is 1. The molecule has 2 amide bonds. The number of tetrazole rings is 1. The third kappa shape index (κ3) is 3.50. The molecular weight excluding hydrogens is 356 g/mol. The van der Waals surface area contributed by atoms with Crippen LogP contribution in [0.5, 0.6) is 0 Å². The minimum Gasteiger partial charge on any atom is -0.342 e. The molecule has 1 spiro atoms. The topological polar surface area (TPSA) is 95.1 Å². The first kappa shape index (κ1) is 18.6. The van der Waals surface area contributed by atoms with Crippen LogP contribution in [0, 0.1) is 11.3 Å². The number of H-pyrrole nitrogens is 1. The van der Waals surface area contributed by atoms with Gasteiger partial charge in [0.05, 0.1) is 5.56 Å². The second-order valence-electron chi connectivity index (χ2n) is 8.42. The van der Waals surface area contributed by atoms with Crippen LogP contribution in [0.1, 0.15) is 43.5 Å². The summed E-state index contributed by atoms with van der Waals surface area (Å²) < 4.78 is 0. The molecular formula is C20H26N6O2. The Morgan fingerprint density at radius 2 is 2.00 bits per heavy atom. The minimum atomic E-state index is -0.0152. The van der Waals surface area contributed by atoms with Gasteiger partial charge in [-0.05, 0) is 30.0 Å². The van der Waals surface area contributed by atoms with Gasteiger partial charge in [0.1, 0.15) is 0 Å². The Balaban J connectivity index is 1.45. The third-order valence-electron chi connectivity index (χ3n) is 5.85. The van der Waals surface area contributed by atoms with Crippen molar-refractivity contribution >= 4 is 11.8 Å². The summed E-state index contributed by atoms with van der Waals surface area (Å²) in [6, 6.07) is 7.35. The highest BCUT2D eigenvalue weighted by atomic mass is 16.2. The highest BCUT2D eigenvalue weighted by Crippen LogP contribution is 2.41. The van der Waals surface area contributed by atoms with E-state index >= 15 is 0 Å². The molecule has 8 nitrogen and oxygen atoms in total. The molecule has 0 bridgehead atoms. The molecule has 2 aliphatic heterocycles. The van der Waals surface area contributed by atoms with Gasteiger partial charge in [-0.2, -0.15) is 5.21 Å². The smallest absolute Gasteiger partial charge is 0.254 e. The first-order valence-corrected chi connectivity index (χ1v) is 9.87. The molecule has 148 valence electrons. The number of carbonyl (C=O) groups excluding carboxylic acids is 2. The molecule has 1 N–H and O–H groups in total. The maximum absolute atomic E-state index is 13.2. The van der Waals surface area contributed by atoms with Gasteiger partial charge in [-0.3, -0.25) is 9.59 Å². The molecule has 3 heterocycles. The average Bonchev–Trinajstić information content (AvgIpc) is 3.31. The standard InChI is InChI=1S/C20H26N6O2/c1-14(2)12-26-13-20(11-17(26)27)7-9-25(10-8-20)19(28)16-6-4-3-5-15(16)18-21-23-24-22-18/h3-6,14H,7-13H2,1-2H3,(H,21,22,23,24). The zero-order valence-electron chi connectivity index (χ0n) is 16.4. The Morgan fingerprint density at radius 3 is 2.68 bits per heavy atom. The van der Waals surface area contributed by atoms with E-state index < -0.39 is 0 Å². The van der Waals surface area contributed by atoms with Crippen molar-refractivity contribution in [3.05, 3.63) is 29.8 Å². The van der Waals surface area contributed by atoms with E-state index in [2.05, 4.69) is 34.5 Å². The van der Waals surface area contributed by atoms with E-state index in [1.54, 1.807) is 0 Å². The van der Waals surface area contributed by atoms with Crippen molar-refractivity contribution in [3.63, 3.8) is 0 Å². The molecule has 2 fully saturated rings. The normalized spacial score (nSPS) is 19.0. The second-order valence-corrected chi connectivity index (χ2v) is 8.42. The fraction of sp³-hybridized carbons (Fsp3) is 0.550. The van der Waals surface area contributed by atoms with Crippen LogP contribution in [-0.2, 0) is 4.79 Å². The number of nitrogens with zero attached hydrogens (tertiary/aromatic N) is 5. The molecule has 4 rings (SSSR count). The van der Waals surface area contributed by atoms with E-state index in [4.69, 9.17) is 0 Å². The molecule has 0 radical (unpaired) electrons. The molecule has 1 aromatic carbocycles. The number of rotatable bonds is 4. The zero-order valence-corrected chi connectivity index (χ0v) is 16.4. The van der Waals surface area contributed by atoms with Crippen molar-refractivity contribution in [2.45, 2.75) is 33.1 Å². The Labute approximate surface area is 164 Å². The number of amides is 2. The van der Waals surface area contributed by atoms with Gasteiger partial charge < -0.3 is 9.80 Å². The fourth-order valence-corrected chi connectivity index (χ4v) is 4.42. The lowest BCUT2D eigenvalue weighted by atomic mass is 9.77. The number of hydrogen-bond acceptors (Lipinski definition) is 5. The Kier molecular flexibility index (Phi) is 4.87. The van der Waals surface area contributed by atoms with Crippen LogP contribution in [0.2, 0.25) is 0 Å². The van der Waals surface area contributed by atoms with E-state index in [1.807, 2.05) is 34.1 Å². The van der Waals surface area contributed by atoms with Crippen LogP contribution in [0.4, 0.5) is 0 Å². The quantitative estimate of drug-likeness (QED) is 0.872. The summed E-state index contributed by atoms with van der Waals surface area (Å²) in [5.74, 6) is 1.14. The van der Waals surface area contributed by atoms with Gasteiger partial charge in [0, 0.05) is 43.6 Å². The number of aromatic amines is 1. The highest BCUT2D eigenvalue weighted by molar-refractivity contribution is 6.00. The molecule has 0 unspecified atom stereocenters. The number of piperidine rings is 1. The average molecular weight is 382 g/mol. The molecule has 2 saturated heterocycles. The summed E-state index contributed by atoms with van der Waals surface area (Å²) in [4.78, 5) is 29.5. The maximum atomic E-state index is 13.2. The molecule has 2 aromatic rings. The predicted molar refractivity (Wildman–Crippen MR) is 103 cm³/mol. The van der Waals surface area contributed by atoms with Crippen molar-refractivity contribution < 1.29 is 9.59 Å². The number of likely N-dealkylation sites (tertiary alicyclic amines) is 2. The van der Waals surface area contributed by atoms with Crippen molar-refractivity contribution in [1.29, 1.82) is 0 Å². The maximum Gasteiger partial charge on any atom is 0.254 e. The van der Waals surface area contributed by atoms with Gasteiger partial charge >= 0.3 is 0 Å². The number of benzene rings is 1. The van der Waals surface area contributed by atoms with E-state index in [-0.39, 0.29) is 17.2 Å². The summed E-state index contributed by atoms with van der Waals surface area (Å²) in [5.41, 5.74) is 1.29. The summed E-state index contributed by atoms with van der Waals surface area (Å²) in [6.07, 6.45) is 2.34. The van der Waals surface area contributed by atoms with Crippen molar-refractivity contribution in [3.8, 4) is 11.4 Å². The SMILES string of the molecule is CC(C)CN1CC2(CCN(C(=O)c3ccccc3-c3nn[nH]n3)CC2)CC1=O. The second kappa shape index (κ2) is 7.33. The first-order chi connectivity index (χ1) is 13.5. The van der Waals surface area contributed by atoms with Crippen LogP contribution in [0.3, 0.4) is 0 Å². The van der Waals surface area contributed by atoms with Crippen LogP contribution in [0.15, 0.2) is 24.3 Å². The highest BCUT2D eigenvalue weighted by Gasteiger charge is 2.45. The minimum absolute atomic E-state index is 0.0152. The lowest BCUT2D eigenvalue weighted by molar-refractivity contribution is -0.128. The Bertz CT molecular complexity index is 855. The molecule has 8 heteroatoms. The lowest BCUT2D eigenvalue weighted by Gasteiger charge is -2.39.